The zero-order valence-corrected chi connectivity index (χ0v) is 16.4. The number of hydrogen-bond acceptors (Lipinski definition) is 8. The molecule has 0 radical (unpaired) electrons. The molecular weight excluding hydrogens is 376 g/mol. The van der Waals surface area contributed by atoms with Crippen LogP contribution in [0, 0.1) is 0 Å². The Morgan fingerprint density at radius 1 is 0.577 bits per heavy atom. The van der Waals surface area contributed by atoms with Crippen molar-refractivity contribution in [1.29, 1.82) is 0 Å². The highest BCUT2D eigenvalue weighted by Gasteiger charge is 2.16. The third kappa shape index (κ3) is 5.09. The molecule has 0 fully saturated rings. The van der Waals surface area contributed by atoms with Crippen LogP contribution < -0.4 is 18.9 Å². The maximum atomic E-state index is 12.4. The molecule has 0 unspecified atom stereocenters. The van der Waals surface area contributed by atoms with Gasteiger partial charge in [-0.1, -0.05) is 0 Å². The first-order chi connectivity index (χ1) is 12.5. The molecule has 8 heteroatoms. The largest absolute Gasteiger partial charge is 0.497 e. The first-order valence-corrected chi connectivity index (χ1v) is 9.55. The summed E-state index contributed by atoms with van der Waals surface area (Å²) < 4.78 is 20.6. The van der Waals surface area contributed by atoms with Gasteiger partial charge < -0.3 is 18.9 Å². The maximum absolute atomic E-state index is 12.4. The Kier molecular flexibility index (Phi) is 7.23. The van der Waals surface area contributed by atoms with Crippen LogP contribution in [0.5, 0.6) is 23.0 Å². The zero-order valence-electron chi connectivity index (χ0n) is 14.7. The summed E-state index contributed by atoms with van der Waals surface area (Å²) in [6, 6.07) is 9.72. The van der Waals surface area contributed by atoms with Gasteiger partial charge in [0, 0.05) is 23.3 Å². The lowest BCUT2D eigenvalue weighted by molar-refractivity contribution is 0.107. The second-order valence-corrected chi connectivity index (χ2v) is 7.02. The number of benzene rings is 2. The molecule has 0 saturated heterocycles. The summed E-state index contributed by atoms with van der Waals surface area (Å²) in [5, 5.41) is -0.564. The SMILES string of the molecule is COc1cc(OC)cc(C(=O)SSC(=O)c2cc(OC)cc(OC)c2)c1. The van der Waals surface area contributed by atoms with Crippen LogP contribution in [-0.2, 0) is 0 Å². The molecule has 0 aliphatic carbocycles. The van der Waals surface area contributed by atoms with E-state index in [2.05, 4.69) is 0 Å². The molecule has 0 aliphatic rings. The van der Waals surface area contributed by atoms with Gasteiger partial charge in [-0.15, -0.1) is 0 Å². The Hall–Kier alpha value is -2.32. The van der Waals surface area contributed by atoms with E-state index in [1.165, 1.54) is 28.4 Å². The molecule has 0 aromatic heterocycles. The molecule has 0 amide bonds. The first-order valence-electron chi connectivity index (χ1n) is 7.40. The van der Waals surface area contributed by atoms with Gasteiger partial charge in [0.25, 0.3) is 0 Å². The van der Waals surface area contributed by atoms with Crippen molar-refractivity contribution >= 4 is 31.8 Å². The van der Waals surface area contributed by atoms with Gasteiger partial charge in [0.1, 0.15) is 23.0 Å². The number of rotatable bonds is 6. The molecule has 138 valence electrons. The van der Waals surface area contributed by atoms with Crippen LogP contribution in [0.3, 0.4) is 0 Å². The van der Waals surface area contributed by atoms with E-state index >= 15 is 0 Å². The lowest BCUT2D eigenvalue weighted by Crippen LogP contribution is -1.98. The molecule has 0 atom stereocenters. The molecule has 26 heavy (non-hydrogen) atoms. The highest BCUT2D eigenvalue weighted by atomic mass is 33.1. The fourth-order valence-electron chi connectivity index (χ4n) is 2.02. The van der Waals surface area contributed by atoms with Crippen LogP contribution in [0.1, 0.15) is 20.7 Å². The van der Waals surface area contributed by atoms with Gasteiger partial charge in [0.05, 0.1) is 28.4 Å². The van der Waals surface area contributed by atoms with Crippen molar-refractivity contribution in [2.75, 3.05) is 28.4 Å². The van der Waals surface area contributed by atoms with Crippen molar-refractivity contribution in [3.63, 3.8) is 0 Å². The highest BCUT2D eigenvalue weighted by Crippen LogP contribution is 2.34. The molecule has 0 heterocycles. The van der Waals surface area contributed by atoms with E-state index in [0.717, 1.165) is 21.6 Å². The fourth-order valence-corrected chi connectivity index (χ4v) is 3.63. The van der Waals surface area contributed by atoms with E-state index in [9.17, 15) is 9.59 Å². The van der Waals surface area contributed by atoms with Crippen LogP contribution in [0.4, 0.5) is 0 Å². The van der Waals surface area contributed by atoms with Gasteiger partial charge >= 0.3 is 0 Å². The minimum Gasteiger partial charge on any atom is -0.497 e. The summed E-state index contributed by atoms with van der Waals surface area (Å²) in [5.41, 5.74) is 0.768. The molecule has 0 N–H and O–H groups in total. The second-order valence-electron chi connectivity index (χ2n) is 4.94. The Morgan fingerprint density at radius 2 is 0.846 bits per heavy atom. The standard InChI is InChI=1S/C18H18O6S2/c1-21-13-5-11(6-14(9-13)22-2)17(19)25-26-18(20)12-7-15(23-3)10-16(8-12)24-4/h5-10H,1-4H3. The maximum Gasteiger partial charge on any atom is 0.230 e. The summed E-state index contributed by atoms with van der Waals surface area (Å²) >= 11 is 0. The molecule has 2 aromatic rings. The van der Waals surface area contributed by atoms with Crippen LogP contribution in [0.15, 0.2) is 36.4 Å². The fraction of sp³-hybridized carbons (Fsp3) is 0.222. The van der Waals surface area contributed by atoms with Crippen molar-refractivity contribution in [2.45, 2.75) is 0 Å². The van der Waals surface area contributed by atoms with Crippen LogP contribution in [0.2, 0.25) is 0 Å². The number of methoxy groups -OCH3 is 4. The molecule has 2 rings (SSSR count). The van der Waals surface area contributed by atoms with Crippen LogP contribution >= 0.6 is 21.6 Å². The summed E-state index contributed by atoms with van der Waals surface area (Å²) in [4.78, 5) is 24.8. The third-order valence-corrected chi connectivity index (χ3v) is 5.38. The monoisotopic (exact) mass is 394 g/mol. The van der Waals surface area contributed by atoms with Crippen molar-refractivity contribution in [3.8, 4) is 23.0 Å². The van der Waals surface area contributed by atoms with Gasteiger partial charge in [0.15, 0.2) is 0 Å². The number of ether oxygens (including phenoxy) is 4. The Morgan fingerprint density at radius 3 is 1.08 bits per heavy atom. The summed E-state index contributed by atoms with van der Waals surface area (Å²) in [5.74, 6) is 2.01. The molecular formula is C18H18O6S2. The predicted octanol–water partition coefficient (Wildman–Crippen LogP) is 4.08. The van der Waals surface area contributed by atoms with Crippen LogP contribution in [0.25, 0.3) is 0 Å². The summed E-state index contributed by atoms with van der Waals surface area (Å²) in [6.45, 7) is 0. The van der Waals surface area contributed by atoms with Gasteiger partial charge in [-0.25, -0.2) is 0 Å². The zero-order chi connectivity index (χ0) is 19.1. The van der Waals surface area contributed by atoms with Gasteiger partial charge in [0.2, 0.25) is 10.2 Å². The topological polar surface area (TPSA) is 71.1 Å². The van der Waals surface area contributed by atoms with Crippen molar-refractivity contribution < 1.29 is 28.5 Å². The molecule has 0 aliphatic heterocycles. The molecule has 2 aromatic carbocycles. The highest BCUT2D eigenvalue weighted by molar-refractivity contribution is 8.87. The van der Waals surface area contributed by atoms with E-state index in [4.69, 9.17) is 18.9 Å². The first kappa shape index (κ1) is 20.0. The van der Waals surface area contributed by atoms with E-state index in [0.29, 0.717) is 34.1 Å². The Bertz CT molecular complexity index is 694. The van der Waals surface area contributed by atoms with Crippen molar-refractivity contribution in [3.05, 3.63) is 47.5 Å². The lowest BCUT2D eigenvalue weighted by atomic mass is 10.2. The normalized spacial score (nSPS) is 10.2. The Balaban J connectivity index is 2.11. The molecule has 0 spiro atoms. The van der Waals surface area contributed by atoms with Crippen molar-refractivity contribution in [1.82, 2.24) is 0 Å². The minimum atomic E-state index is -0.282. The summed E-state index contributed by atoms with van der Waals surface area (Å²) in [6.07, 6.45) is 0. The second kappa shape index (κ2) is 9.40. The Labute approximate surface area is 159 Å². The lowest BCUT2D eigenvalue weighted by Gasteiger charge is -2.08. The average molecular weight is 394 g/mol. The summed E-state index contributed by atoms with van der Waals surface area (Å²) in [7, 11) is 7.68. The van der Waals surface area contributed by atoms with Crippen molar-refractivity contribution in [2.24, 2.45) is 0 Å². The van der Waals surface area contributed by atoms with Gasteiger partial charge in [-0.3, -0.25) is 9.59 Å². The third-order valence-electron chi connectivity index (χ3n) is 3.37. The molecule has 0 saturated carbocycles. The van der Waals surface area contributed by atoms with Gasteiger partial charge in [-0.05, 0) is 45.9 Å². The molecule has 0 bridgehead atoms. The predicted molar refractivity (Wildman–Crippen MR) is 103 cm³/mol. The number of carbonyl (C=O) groups is 2. The van der Waals surface area contributed by atoms with E-state index in [1.807, 2.05) is 0 Å². The van der Waals surface area contributed by atoms with E-state index in [1.54, 1.807) is 36.4 Å². The number of carbonyl (C=O) groups excluding carboxylic acids is 2. The van der Waals surface area contributed by atoms with Crippen LogP contribution in [-0.4, -0.2) is 38.7 Å². The minimum absolute atomic E-state index is 0.282. The number of hydrogen-bond donors (Lipinski definition) is 0. The van der Waals surface area contributed by atoms with Gasteiger partial charge in [-0.2, -0.15) is 0 Å². The van der Waals surface area contributed by atoms with E-state index in [-0.39, 0.29) is 10.2 Å². The average Bonchev–Trinajstić information content (AvgIpc) is 2.70. The molecule has 6 nitrogen and oxygen atoms in total. The van der Waals surface area contributed by atoms with E-state index < -0.39 is 0 Å². The smallest absolute Gasteiger partial charge is 0.230 e. The quantitative estimate of drug-likeness (QED) is 0.679.